The van der Waals surface area contributed by atoms with E-state index in [1.54, 1.807) is 9.84 Å². The molecule has 1 atom stereocenters. The minimum atomic E-state index is 0. The molecule has 3 heteroatoms. The monoisotopic (exact) mass is 1500 g/mol. The second-order valence-electron chi connectivity index (χ2n) is 23.8. The molecule has 0 fully saturated rings. The third-order valence-electron chi connectivity index (χ3n) is 17.7. The summed E-state index contributed by atoms with van der Waals surface area (Å²) in [6.07, 6.45) is 15.9. The van der Waals surface area contributed by atoms with Crippen molar-refractivity contribution in [1.82, 2.24) is 0 Å². The maximum atomic E-state index is 5.67. The zero-order valence-electron chi connectivity index (χ0n) is 55.1. The van der Waals surface area contributed by atoms with Gasteiger partial charge in [0, 0.05) is 18.6 Å². The van der Waals surface area contributed by atoms with Gasteiger partial charge in [0.1, 0.15) is 0 Å². The van der Waals surface area contributed by atoms with Gasteiger partial charge in [-0.05, 0) is 181 Å². The van der Waals surface area contributed by atoms with Gasteiger partial charge < -0.3 is 0 Å². The first kappa shape index (κ1) is 66.9. The fraction of sp³-hybridized carbons (Fsp3) is 0.0213. The molecule has 0 aliphatic heterocycles. The Morgan fingerprint density at radius 2 is 0.474 bits per heavy atom. The number of fused-ring (bicyclic) bond motifs is 2. The van der Waals surface area contributed by atoms with Gasteiger partial charge in [-0.2, -0.15) is 9.84 Å². The van der Waals surface area contributed by atoms with Crippen molar-refractivity contribution in [2.45, 2.75) is 12.8 Å². The van der Waals surface area contributed by atoms with Crippen LogP contribution in [0.25, 0.3) is 96.8 Å². The largest absolute Gasteiger partial charge is 0 e. The number of hydrogen-bond donors (Lipinski definition) is 0. The molecule has 1 unspecified atom stereocenters. The summed E-state index contributed by atoms with van der Waals surface area (Å²) >= 11 is 0. The van der Waals surface area contributed by atoms with Crippen LogP contribution in [0.1, 0.15) is 84.3 Å². The molecule has 14 aromatic rings. The molecule has 1 aliphatic carbocycles. The fourth-order valence-electron chi connectivity index (χ4n) is 13.0. The average molecular weight is 1500 g/mol. The third-order valence-corrected chi connectivity index (χ3v) is 17.7. The maximum Gasteiger partial charge on any atom is 0 e. The molecule has 97 heavy (non-hydrogen) atoms. The predicted molar refractivity (Wildman–Crippen MR) is 423 cm³/mol. The SMILES string of the molecule is C(=C(c1ccccc1)c1ccccc1)c1ccc(-c2ccc(C=C(c3ccccc3)c3ccccc3)cc2)cc1.C1=Cc2c(c(-c3ccc(C=C(c4ccccc4)c4ccccc4)cc3)c3ccccc3c2-c2ccc(C=C(c3ccccc3)c3ccccc3)cc2)CC1.[2H]P.[BiH2].[V]. The molecule has 0 saturated carbocycles. The Bertz CT molecular complexity index is 4700. The Hall–Kier alpha value is -10.1. The van der Waals surface area contributed by atoms with E-state index in [0.717, 1.165) is 12.8 Å². The van der Waals surface area contributed by atoms with Crippen molar-refractivity contribution in [2.24, 2.45) is 0 Å². The average Bonchev–Trinajstić information content (AvgIpc) is 0.737. The van der Waals surface area contributed by atoms with E-state index in [-0.39, 0.29) is 44.8 Å². The minimum absolute atomic E-state index is 0. The van der Waals surface area contributed by atoms with Gasteiger partial charge in [-0.25, -0.2) is 0 Å². The summed E-state index contributed by atoms with van der Waals surface area (Å²) in [4.78, 5) is 0. The van der Waals surface area contributed by atoms with Crippen LogP contribution >= 0.6 is 9.84 Å². The van der Waals surface area contributed by atoms with Crippen LogP contribution in [0, 0.1) is 0 Å². The van der Waals surface area contributed by atoms with Crippen LogP contribution in [0.3, 0.4) is 0 Å². The van der Waals surface area contributed by atoms with Crippen molar-refractivity contribution in [3.8, 4) is 33.4 Å². The minimum Gasteiger partial charge on any atom is 0 e. The Balaban J connectivity index is 0.000000198. The first-order valence-electron chi connectivity index (χ1n) is 33.2. The second kappa shape index (κ2) is 33.6. The Morgan fingerprint density at radius 3 is 0.732 bits per heavy atom. The topological polar surface area (TPSA) is 0 Å². The maximum absolute atomic E-state index is 5.67. The van der Waals surface area contributed by atoms with E-state index < -0.39 is 0 Å². The standard InChI is InChI=1S/C54H40.C40H30.Bi.H3P.V.2H/c1-5-17-41(18-6-1)51(42-19-7-2-8-20-42)37-39-29-33-45(34-30-39)53-47-25-13-15-27-49(47)54(50-28-16-14-26-48(50)53)46-35-31-40(32-36-46)38-52(43-21-9-3-10-22-43)44-23-11-4-12-24-44;1-5-13-35(14-6-1)39(36-15-7-2-8-16-36)29-31-21-25-33(26-22-31)34-27-23-32(24-28-34)30-40(37-17-9-3-10-18-37)38-19-11-4-12-20-38;;;;;/h1-15,17-27,29-38H,16,28H2;1-30H;;1H3;;;/i;;;1D;;;. The summed E-state index contributed by atoms with van der Waals surface area (Å²) in [5.41, 5.74) is 29.7. The molecular weight excluding hydrogens is 1420 g/mol. The van der Waals surface area contributed by atoms with Gasteiger partial charge in [-0.1, -0.05) is 376 Å². The molecule has 14 aromatic carbocycles. The zero-order valence-corrected chi connectivity index (χ0v) is 61.2. The van der Waals surface area contributed by atoms with E-state index in [9.17, 15) is 0 Å². The van der Waals surface area contributed by atoms with Gasteiger partial charge in [-0.15, -0.1) is 0 Å². The smallest absolute Gasteiger partial charge is 0 e. The molecule has 0 nitrogen and oxygen atoms in total. The van der Waals surface area contributed by atoms with Crippen molar-refractivity contribution in [2.75, 3.05) is 0 Å². The number of allylic oxidation sites excluding steroid dienone is 1. The summed E-state index contributed by atoms with van der Waals surface area (Å²) in [6, 6.07) is 130. The quantitative estimate of drug-likeness (QED) is 0.0545. The summed E-state index contributed by atoms with van der Waals surface area (Å²) in [5.74, 6) is 0. The summed E-state index contributed by atoms with van der Waals surface area (Å²) in [7, 11) is 1.67. The van der Waals surface area contributed by atoms with Crippen LogP contribution < -0.4 is 0 Å². The summed E-state index contributed by atoms with van der Waals surface area (Å²) in [6.45, 7) is 0. The molecule has 466 valence electrons. The van der Waals surface area contributed by atoms with Crippen LogP contribution in [-0.4, -0.2) is 27.5 Å². The van der Waals surface area contributed by atoms with E-state index in [1.165, 1.54) is 144 Å². The summed E-state index contributed by atoms with van der Waals surface area (Å²) < 4.78 is 5.67. The van der Waals surface area contributed by atoms with Crippen LogP contribution in [0.2, 0.25) is 0 Å². The van der Waals surface area contributed by atoms with Gasteiger partial charge in [0.25, 0.3) is 0 Å². The molecule has 0 saturated heterocycles. The molecule has 0 aromatic heterocycles. The van der Waals surface area contributed by atoms with E-state index in [4.69, 9.17) is 1.28 Å². The van der Waals surface area contributed by atoms with Gasteiger partial charge in [-0.3, -0.25) is 0 Å². The van der Waals surface area contributed by atoms with Gasteiger partial charge >= 0.3 is 26.2 Å². The van der Waals surface area contributed by atoms with Gasteiger partial charge in [0.05, 0.1) is 1.28 Å². The molecule has 0 amide bonds. The molecule has 2 radical (unpaired) electrons. The fourth-order valence-corrected chi connectivity index (χ4v) is 13.0. The van der Waals surface area contributed by atoms with Crippen LogP contribution in [0.4, 0.5) is 0 Å². The Labute approximate surface area is 608 Å². The molecule has 0 N–H and O–H groups in total. The van der Waals surface area contributed by atoms with Crippen molar-refractivity contribution in [3.63, 3.8) is 0 Å². The normalized spacial score (nSPS) is 11.0. The van der Waals surface area contributed by atoms with E-state index >= 15 is 0 Å². The number of benzene rings is 14. The van der Waals surface area contributed by atoms with Crippen molar-refractivity contribution in [1.29, 1.82) is 1.28 Å². The second-order valence-corrected chi connectivity index (χ2v) is 23.8. The van der Waals surface area contributed by atoms with E-state index in [0.29, 0.717) is 0 Å². The predicted octanol–water partition coefficient (Wildman–Crippen LogP) is 24.0. The third kappa shape index (κ3) is 16.4. The molecule has 15 rings (SSSR count). The molecule has 0 bridgehead atoms. The summed E-state index contributed by atoms with van der Waals surface area (Å²) in [5, 5.41) is 2.59. The molecular formula is C94H75BiPV. The van der Waals surface area contributed by atoms with Crippen molar-refractivity contribution in [3.05, 3.63) is 448 Å². The number of hydrogen-bond acceptors (Lipinski definition) is 0. The number of rotatable bonds is 15. The Morgan fingerprint density at radius 1 is 0.258 bits per heavy atom. The van der Waals surface area contributed by atoms with Gasteiger partial charge in [0.2, 0.25) is 0 Å². The van der Waals surface area contributed by atoms with E-state index in [1.807, 2.05) is 0 Å². The van der Waals surface area contributed by atoms with Crippen LogP contribution in [0.5, 0.6) is 0 Å². The first-order valence-corrected chi connectivity index (χ1v) is 32.6. The molecule has 1 aliphatic rings. The molecule has 0 spiro atoms. The van der Waals surface area contributed by atoms with Crippen molar-refractivity contribution < 1.29 is 18.6 Å². The van der Waals surface area contributed by atoms with E-state index in [2.05, 4.69) is 400 Å². The Kier molecular flexibility index (Phi) is 23.2. The van der Waals surface area contributed by atoms with Crippen LogP contribution in [0.15, 0.2) is 370 Å². The van der Waals surface area contributed by atoms with Gasteiger partial charge in [0.15, 0.2) is 0 Å². The van der Waals surface area contributed by atoms with Crippen molar-refractivity contribution >= 4 is 99.5 Å². The first-order chi connectivity index (χ1) is 47.6. The van der Waals surface area contributed by atoms with Crippen LogP contribution in [-0.2, 0) is 25.0 Å². The zero-order chi connectivity index (χ0) is 65.1. The molecule has 0 heterocycles.